The molecule has 0 saturated carbocycles. The first kappa shape index (κ1) is 14.3. The Morgan fingerprint density at radius 2 is 1.90 bits per heavy atom. The van der Waals surface area contributed by atoms with Crippen molar-refractivity contribution in [3.8, 4) is 0 Å². The van der Waals surface area contributed by atoms with E-state index in [4.69, 9.17) is 4.74 Å². The Kier molecular flexibility index (Phi) is 3.94. The first-order valence-electron chi connectivity index (χ1n) is 5.66. The Morgan fingerprint density at radius 3 is 2.45 bits per heavy atom. The topological polar surface area (TPSA) is 72.8 Å². The number of esters is 2. The molecule has 1 aromatic carbocycles. The number of cyclic esters (lactones) is 1. The molecule has 6 heteroatoms. The molecular formula is C14H11BrO5. The van der Waals surface area contributed by atoms with Gasteiger partial charge in [0.15, 0.2) is 11.5 Å². The van der Waals surface area contributed by atoms with Gasteiger partial charge in [0.2, 0.25) is 0 Å². The maximum Gasteiger partial charge on any atom is 0.348 e. The third-order valence-electron chi connectivity index (χ3n) is 2.82. The van der Waals surface area contributed by atoms with Crippen molar-refractivity contribution >= 4 is 33.4 Å². The lowest BCUT2D eigenvalue weighted by Gasteiger charge is -2.03. The maximum absolute atomic E-state index is 11.9. The molecule has 1 heterocycles. The van der Waals surface area contributed by atoms with Crippen molar-refractivity contribution < 1.29 is 24.2 Å². The molecule has 104 valence electrons. The molecule has 0 unspecified atom stereocenters. The van der Waals surface area contributed by atoms with Gasteiger partial charge in [0, 0.05) is 4.47 Å². The van der Waals surface area contributed by atoms with Crippen LogP contribution in [0.15, 0.2) is 45.8 Å². The summed E-state index contributed by atoms with van der Waals surface area (Å²) in [6.45, 7) is 1.41. The standard InChI is InChI=1S/C14H11BrO5/c1-7(13(17)19-2)12-11(16)10(14(18)20-12)8-3-5-9(15)6-4-8/h3-6,16H,1-2H3/b12-7+. The minimum absolute atomic E-state index is 0.0238. The Morgan fingerprint density at radius 1 is 1.30 bits per heavy atom. The Hall–Kier alpha value is -2.08. The number of hydrogen-bond donors (Lipinski definition) is 1. The molecule has 0 amide bonds. The van der Waals surface area contributed by atoms with E-state index in [0.29, 0.717) is 5.56 Å². The fourth-order valence-corrected chi connectivity index (χ4v) is 2.04. The van der Waals surface area contributed by atoms with Crippen LogP contribution in [0.4, 0.5) is 0 Å². The van der Waals surface area contributed by atoms with Gasteiger partial charge >= 0.3 is 11.9 Å². The number of benzene rings is 1. The maximum atomic E-state index is 11.9. The molecule has 1 N–H and O–H groups in total. The zero-order chi connectivity index (χ0) is 14.9. The van der Waals surface area contributed by atoms with E-state index in [1.165, 1.54) is 14.0 Å². The predicted octanol–water partition coefficient (Wildman–Crippen LogP) is 2.72. The number of hydrogen-bond acceptors (Lipinski definition) is 5. The molecule has 5 nitrogen and oxygen atoms in total. The van der Waals surface area contributed by atoms with Gasteiger partial charge in [0.1, 0.15) is 5.57 Å². The number of rotatable bonds is 2. The van der Waals surface area contributed by atoms with Crippen molar-refractivity contribution in [1.82, 2.24) is 0 Å². The van der Waals surface area contributed by atoms with Crippen LogP contribution in [-0.4, -0.2) is 24.2 Å². The van der Waals surface area contributed by atoms with Gasteiger partial charge in [-0.25, -0.2) is 9.59 Å². The Bertz CT molecular complexity index is 640. The highest BCUT2D eigenvalue weighted by atomic mass is 79.9. The highest BCUT2D eigenvalue weighted by molar-refractivity contribution is 9.10. The van der Waals surface area contributed by atoms with Crippen molar-refractivity contribution in [2.75, 3.05) is 7.11 Å². The molecule has 2 rings (SSSR count). The summed E-state index contributed by atoms with van der Waals surface area (Å²) >= 11 is 3.28. The molecule has 0 aliphatic carbocycles. The van der Waals surface area contributed by atoms with Crippen LogP contribution in [0.2, 0.25) is 0 Å². The van der Waals surface area contributed by atoms with E-state index in [0.717, 1.165) is 4.47 Å². The van der Waals surface area contributed by atoms with Gasteiger partial charge < -0.3 is 14.6 Å². The number of aliphatic hydroxyl groups is 1. The van der Waals surface area contributed by atoms with E-state index in [1.807, 2.05) is 0 Å². The monoisotopic (exact) mass is 338 g/mol. The van der Waals surface area contributed by atoms with Crippen LogP contribution in [0.25, 0.3) is 5.57 Å². The summed E-state index contributed by atoms with van der Waals surface area (Å²) in [6.07, 6.45) is 0. The number of halogens is 1. The van der Waals surface area contributed by atoms with E-state index >= 15 is 0 Å². The molecule has 20 heavy (non-hydrogen) atoms. The molecule has 0 atom stereocenters. The molecule has 0 saturated heterocycles. The van der Waals surface area contributed by atoms with Crippen molar-refractivity contribution in [1.29, 1.82) is 0 Å². The summed E-state index contributed by atoms with van der Waals surface area (Å²) in [6, 6.07) is 6.79. The molecule has 0 aromatic heterocycles. The third-order valence-corrected chi connectivity index (χ3v) is 3.34. The van der Waals surface area contributed by atoms with Crippen LogP contribution < -0.4 is 0 Å². The van der Waals surface area contributed by atoms with Crippen molar-refractivity contribution in [2.24, 2.45) is 0 Å². The lowest BCUT2D eigenvalue weighted by molar-refractivity contribution is -0.136. The first-order chi connectivity index (χ1) is 9.45. The molecule has 0 bridgehead atoms. The van der Waals surface area contributed by atoms with Crippen LogP contribution in [0.1, 0.15) is 12.5 Å². The number of carbonyl (C=O) groups excluding carboxylic acids is 2. The van der Waals surface area contributed by atoms with Crippen molar-refractivity contribution in [2.45, 2.75) is 6.92 Å². The predicted molar refractivity (Wildman–Crippen MR) is 74.5 cm³/mol. The fourth-order valence-electron chi connectivity index (χ4n) is 1.77. The molecule has 0 spiro atoms. The van der Waals surface area contributed by atoms with Gasteiger partial charge in [-0.05, 0) is 24.6 Å². The van der Waals surface area contributed by atoms with Gasteiger partial charge in [-0.3, -0.25) is 0 Å². The van der Waals surface area contributed by atoms with Gasteiger partial charge in [-0.1, -0.05) is 28.1 Å². The lowest BCUT2D eigenvalue weighted by atomic mass is 10.0. The van der Waals surface area contributed by atoms with Crippen LogP contribution in [0, 0.1) is 0 Å². The average Bonchev–Trinajstić information content (AvgIpc) is 2.73. The van der Waals surface area contributed by atoms with Gasteiger partial charge in [-0.15, -0.1) is 0 Å². The molecule has 1 aromatic rings. The molecule has 1 aliphatic heterocycles. The average molecular weight is 339 g/mol. The number of carbonyl (C=O) groups is 2. The Labute approximate surface area is 123 Å². The highest BCUT2D eigenvalue weighted by Gasteiger charge is 2.34. The fraction of sp³-hybridized carbons (Fsp3) is 0.143. The second-order valence-electron chi connectivity index (χ2n) is 4.07. The van der Waals surface area contributed by atoms with E-state index < -0.39 is 11.9 Å². The third kappa shape index (κ3) is 2.46. The summed E-state index contributed by atoms with van der Waals surface area (Å²) < 4.78 is 10.3. The van der Waals surface area contributed by atoms with Gasteiger partial charge in [-0.2, -0.15) is 0 Å². The van der Waals surface area contributed by atoms with Crippen LogP contribution >= 0.6 is 15.9 Å². The normalized spacial score (nSPS) is 17.1. The summed E-state index contributed by atoms with van der Waals surface area (Å²) in [5.41, 5.74) is 0.560. The summed E-state index contributed by atoms with van der Waals surface area (Å²) in [5.74, 6) is -1.90. The second-order valence-corrected chi connectivity index (χ2v) is 4.98. The lowest BCUT2D eigenvalue weighted by Crippen LogP contribution is -2.06. The minimum atomic E-state index is -0.705. The molecule has 0 radical (unpaired) electrons. The number of ether oxygens (including phenoxy) is 2. The van der Waals surface area contributed by atoms with Crippen LogP contribution in [0.5, 0.6) is 0 Å². The summed E-state index contributed by atoms with van der Waals surface area (Å²) in [7, 11) is 1.21. The highest BCUT2D eigenvalue weighted by Crippen LogP contribution is 2.33. The van der Waals surface area contributed by atoms with E-state index in [9.17, 15) is 14.7 Å². The van der Waals surface area contributed by atoms with Gasteiger partial charge in [0.05, 0.1) is 12.7 Å². The quantitative estimate of drug-likeness (QED) is 0.663. The van der Waals surface area contributed by atoms with Crippen LogP contribution in [-0.2, 0) is 19.1 Å². The largest absolute Gasteiger partial charge is 0.504 e. The van der Waals surface area contributed by atoms with E-state index in [2.05, 4.69) is 20.7 Å². The Balaban J connectivity index is 2.52. The van der Waals surface area contributed by atoms with E-state index in [-0.39, 0.29) is 22.7 Å². The van der Waals surface area contributed by atoms with E-state index in [1.54, 1.807) is 24.3 Å². The number of methoxy groups -OCH3 is 1. The molecule has 1 aliphatic rings. The summed E-state index contributed by atoms with van der Waals surface area (Å²) in [5, 5.41) is 10.1. The second kappa shape index (κ2) is 5.50. The summed E-state index contributed by atoms with van der Waals surface area (Å²) in [4.78, 5) is 23.3. The van der Waals surface area contributed by atoms with Crippen molar-refractivity contribution in [3.63, 3.8) is 0 Å². The molecular weight excluding hydrogens is 328 g/mol. The zero-order valence-electron chi connectivity index (χ0n) is 10.8. The smallest absolute Gasteiger partial charge is 0.348 e. The zero-order valence-corrected chi connectivity index (χ0v) is 12.4. The van der Waals surface area contributed by atoms with Gasteiger partial charge in [0.25, 0.3) is 0 Å². The van der Waals surface area contributed by atoms with Crippen molar-refractivity contribution in [3.05, 3.63) is 51.4 Å². The molecule has 0 fully saturated rings. The van der Waals surface area contributed by atoms with Crippen LogP contribution in [0.3, 0.4) is 0 Å². The number of aliphatic hydroxyl groups excluding tert-OH is 1. The minimum Gasteiger partial charge on any atom is -0.504 e. The SMILES string of the molecule is COC(=O)/C(C)=C1/OC(=O)C(c2ccc(Br)cc2)=C1O. The first-order valence-corrected chi connectivity index (χ1v) is 6.46.